The molecule has 0 aliphatic carbocycles. The van der Waals surface area contributed by atoms with Crippen LogP contribution in [0.2, 0.25) is 0 Å². The summed E-state index contributed by atoms with van der Waals surface area (Å²) < 4.78 is 0. The van der Waals surface area contributed by atoms with Crippen molar-refractivity contribution in [3.05, 3.63) is 22.4 Å². The van der Waals surface area contributed by atoms with E-state index >= 15 is 0 Å². The number of hydrogen-bond acceptors (Lipinski definition) is 3. The monoisotopic (exact) mass is 282 g/mol. The number of hydrogen-bond donors (Lipinski definition) is 2. The third kappa shape index (κ3) is 6.59. The maximum atomic E-state index is 4.26. The first-order chi connectivity index (χ1) is 8.93. The zero-order valence-corrected chi connectivity index (χ0v) is 13.5. The minimum atomic E-state index is 0.212. The lowest BCUT2D eigenvalue weighted by Gasteiger charge is -2.29. The zero-order chi connectivity index (χ0) is 14.3. The third-order valence-corrected chi connectivity index (χ3v) is 3.59. The standard InChI is InChI=1S/C14H26N4S/c1-14(2,11-18(4)5)10-17-13(15-3)16-9-12-7-6-8-19-12/h6-8H,9-11H2,1-5H3,(H2,15,16,17). The Labute approximate surface area is 120 Å². The lowest BCUT2D eigenvalue weighted by Crippen LogP contribution is -2.44. The van der Waals surface area contributed by atoms with Gasteiger partial charge < -0.3 is 15.5 Å². The Kier molecular flexibility index (Phi) is 6.31. The van der Waals surface area contributed by atoms with Gasteiger partial charge in [0.15, 0.2) is 5.96 Å². The number of rotatable bonds is 6. The average molecular weight is 282 g/mol. The van der Waals surface area contributed by atoms with Gasteiger partial charge in [0.1, 0.15) is 0 Å². The molecule has 0 fully saturated rings. The Morgan fingerprint density at radius 2 is 2.11 bits per heavy atom. The molecule has 0 unspecified atom stereocenters. The SMILES string of the molecule is CN=C(NCc1cccs1)NCC(C)(C)CN(C)C. The molecule has 4 nitrogen and oxygen atoms in total. The molecule has 1 heterocycles. The molecule has 0 bridgehead atoms. The summed E-state index contributed by atoms with van der Waals surface area (Å²) in [5.41, 5.74) is 0.212. The van der Waals surface area contributed by atoms with Gasteiger partial charge in [-0.25, -0.2) is 0 Å². The summed E-state index contributed by atoms with van der Waals surface area (Å²) in [4.78, 5) is 7.78. The van der Waals surface area contributed by atoms with Crippen molar-refractivity contribution in [2.75, 3.05) is 34.2 Å². The summed E-state index contributed by atoms with van der Waals surface area (Å²) >= 11 is 1.76. The smallest absolute Gasteiger partial charge is 0.191 e. The maximum Gasteiger partial charge on any atom is 0.191 e. The first kappa shape index (κ1) is 16.0. The van der Waals surface area contributed by atoms with Crippen molar-refractivity contribution in [3.63, 3.8) is 0 Å². The van der Waals surface area contributed by atoms with Crippen molar-refractivity contribution in [1.82, 2.24) is 15.5 Å². The second-order valence-corrected chi connectivity index (χ2v) is 6.79. The number of guanidine groups is 1. The Morgan fingerprint density at radius 1 is 1.37 bits per heavy atom. The largest absolute Gasteiger partial charge is 0.356 e. The summed E-state index contributed by atoms with van der Waals surface area (Å²) in [6.07, 6.45) is 0. The molecule has 2 N–H and O–H groups in total. The Balaban J connectivity index is 2.36. The number of aliphatic imine (C=N–C) groups is 1. The van der Waals surface area contributed by atoms with Crippen molar-refractivity contribution in [3.8, 4) is 0 Å². The topological polar surface area (TPSA) is 39.7 Å². The van der Waals surface area contributed by atoms with Gasteiger partial charge in [0.05, 0.1) is 6.54 Å². The van der Waals surface area contributed by atoms with E-state index < -0.39 is 0 Å². The van der Waals surface area contributed by atoms with Gasteiger partial charge in [-0.05, 0) is 31.0 Å². The van der Waals surface area contributed by atoms with Crippen LogP contribution in [0.4, 0.5) is 0 Å². The van der Waals surface area contributed by atoms with E-state index in [9.17, 15) is 0 Å². The molecule has 1 aromatic heterocycles. The van der Waals surface area contributed by atoms with Gasteiger partial charge in [0.25, 0.3) is 0 Å². The van der Waals surface area contributed by atoms with Gasteiger partial charge in [0, 0.05) is 25.0 Å². The van der Waals surface area contributed by atoms with E-state index in [1.165, 1.54) is 4.88 Å². The first-order valence-corrected chi connectivity index (χ1v) is 7.42. The molecular formula is C14H26N4S. The molecule has 0 spiro atoms. The molecular weight excluding hydrogens is 256 g/mol. The van der Waals surface area contributed by atoms with E-state index in [4.69, 9.17) is 0 Å². The Morgan fingerprint density at radius 3 is 2.63 bits per heavy atom. The highest BCUT2D eigenvalue weighted by Gasteiger charge is 2.19. The van der Waals surface area contributed by atoms with Crippen molar-refractivity contribution in [1.29, 1.82) is 0 Å². The van der Waals surface area contributed by atoms with Gasteiger partial charge in [0.2, 0.25) is 0 Å². The lowest BCUT2D eigenvalue weighted by molar-refractivity contribution is 0.241. The first-order valence-electron chi connectivity index (χ1n) is 6.54. The van der Waals surface area contributed by atoms with Crippen LogP contribution in [-0.4, -0.2) is 45.1 Å². The molecule has 5 heteroatoms. The minimum Gasteiger partial charge on any atom is -0.356 e. The van der Waals surface area contributed by atoms with Gasteiger partial charge >= 0.3 is 0 Å². The fraction of sp³-hybridized carbons (Fsp3) is 0.643. The zero-order valence-electron chi connectivity index (χ0n) is 12.7. The van der Waals surface area contributed by atoms with Crippen LogP contribution in [0.3, 0.4) is 0 Å². The third-order valence-electron chi connectivity index (χ3n) is 2.71. The summed E-state index contributed by atoms with van der Waals surface area (Å²) in [6.45, 7) is 7.28. The second-order valence-electron chi connectivity index (χ2n) is 5.76. The molecule has 0 saturated heterocycles. The summed E-state index contributed by atoms with van der Waals surface area (Å²) in [5, 5.41) is 8.82. The fourth-order valence-corrected chi connectivity index (χ4v) is 2.68. The van der Waals surface area contributed by atoms with Crippen LogP contribution in [0.15, 0.2) is 22.5 Å². The van der Waals surface area contributed by atoms with Crippen LogP contribution in [0, 0.1) is 5.41 Å². The molecule has 0 aliphatic rings. The van der Waals surface area contributed by atoms with Crippen LogP contribution in [-0.2, 0) is 6.54 Å². The molecule has 0 aromatic carbocycles. The van der Waals surface area contributed by atoms with E-state index in [-0.39, 0.29) is 5.41 Å². The normalized spacial score (nSPS) is 12.8. The number of nitrogens with zero attached hydrogens (tertiary/aromatic N) is 2. The predicted octanol–water partition coefficient (Wildman–Crippen LogP) is 2.00. The van der Waals surface area contributed by atoms with Crippen LogP contribution >= 0.6 is 11.3 Å². The van der Waals surface area contributed by atoms with E-state index in [1.807, 2.05) is 7.05 Å². The minimum absolute atomic E-state index is 0.212. The van der Waals surface area contributed by atoms with Crippen LogP contribution in [0.1, 0.15) is 18.7 Å². The van der Waals surface area contributed by atoms with Crippen molar-refractivity contribution < 1.29 is 0 Å². The lowest BCUT2D eigenvalue weighted by atomic mass is 9.93. The van der Waals surface area contributed by atoms with Crippen LogP contribution in [0.5, 0.6) is 0 Å². The highest BCUT2D eigenvalue weighted by Crippen LogP contribution is 2.14. The molecule has 19 heavy (non-hydrogen) atoms. The van der Waals surface area contributed by atoms with Crippen molar-refractivity contribution in [2.24, 2.45) is 10.4 Å². The molecule has 0 atom stereocenters. The summed E-state index contributed by atoms with van der Waals surface area (Å²) in [5.74, 6) is 0.861. The summed E-state index contributed by atoms with van der Waals surface area (Å²) in [6, 6.07) is 4.19. The molecule has 0 amide bonds. The highest BCUT2D eigenvalue weighted by atomic mass is 32.1. The molecule has 108 valence electrons. The molecule has 0 aliphatic heterocycles. The van der Waals surface area contributed by atoms with E-state index in [0.717, 1.165) is 25.6 Å². The maximum absolute atomic E-state index is 4.26. The molecule has 0 saturated carbocycles. The van der Waals surface area contributed by atoms with E-state index in [0.29, 0.717) is 0 Å². The second kappa shape index (κ2) is 7.50. The molecule has 0 radical (unpaired) electrons. The summed E-state index contributed by atoms with van der Waals surface area (Å²) in [7, 11) is 6.01. The van der Waals surface area contributed by atoms with Gasteiger partial charge in [-0.3, -0.25) is 4.99 Å². The number of thiophene rings is 1. The highest BCUT2D eigenvalue weighted by molar-refractivity contribution is 7.09. The van der Waals surface area contributed by atoms with Gasteiger partial charge in [-0.15, -0.1) is 11.3 Å². The number of nitrogens with one attached hydrogen (secondary N) is 2. The van der Waals surface area contributed by atoms with E-state index in [1.54, 1.807) is 11.3 Å². The van der Waals surface area contributed by atoms with E-state index in [2.05, 4.69) is 66.0 Å². The molecule has 1 aromatic rings. The van der Waals surface area contributed by atoms with Crippen LogP contribution in [0.25, 0.3) is 0 Å². The fourth-order valence-electron chi connectivity index (χ4n) is 2.04. The van der Waals surface area contributed by atoms with Gasteiger partial charge in [-0.1, -0.05) is 19.9 Å². The Bertz CT molecular complexity index is 382. The van der Waals surface area contributed by atoms with Crippen molar-refractivity contribution in [2.45, 2.75) is 20.4 Å². The Hall–Kier alpha value is -1.07. The van der Waals surface area contributed by atoms with Crippen LogP contribution < -0.4 is 10.6 Å². The molecule has 1 rings (SSSR count). The predicted molar refractivity (Wildman–Crippen MR) is 84.9 cm³/mol. The van der Waals surface area contributed by atoms with Crippen molar-refractivity contribution >= 4 is 17.3 Å². The van der Waals surface area contributed by atoms with Gasteiger partial charge in [-0.2, -0.15) is 0 Å². The average Bonchev–Trinajstić information content (AvgIpc) is 2.80. The quantitative estimate of drug-likeness (QED) is 0.619.